The van der Waals surface area contributed by atoms with Crippen LogP contribution in [-0.4, -0.2) is 52.0 Å². The van der Waals surface area contributed by atoms with Gasteiger partial charge in [-0.2, -0.15) is 13.2 Å². The molecular weight excluding hydrogens is 293 g/mol. The number of rotatable bonds is 2. The van der Waals surface area contributed by atoms with E-state index in [2.05, 4.69) is 26.8 Å². The molecule has 0 aliphatic carbocycles. The highest BCUT2D eigenvalue weighted by Gasteiger charge is 2.37. The van der Waals surface area contributed by atoms with Crippen molar-refractivity contribution in [3.05, 3.63) is 23.3 Å². The monoisotopic (exact) mass is 314 g/mol. The van der Waals surface area contributed by atoms with Crippen LogP contribution in [0, 0.1) is 6.92 Å². The van der Waals surface area contributed by atoms with Crippen LogP contribution in [0.4, 0.5) is 13.2 Å². The quantitative estimate of drug-likeness (QED) is 0.839. The summed E-state index contributed by atoms with van der Waals surface area (Å²) in [5.41, 5.74) is 1.23. The molecule has 3 heterocycles. The molecule has 2 atom stereocenters. The van der Waals surface area contributed by atoms with E-state index >= 15 is 0 Å². The van der Waals surface area contributed by atoms with Gasteiger partial charge in [-0.15, -0.1) is 0 Å². The molecule has 2 aliphatic heterocycles. The number of hydrogen-bond donors (Lipinski definition) is 0. The normalized spacial score (nSPS) is 27.1. The Kier molecular flexibility index (Phi) is 4.11. The molecule has 0 N–H and O–H groups in total. The molecule has 2 aliphatic rings. The van der Waals surface area contributed by atoms with Gasteiger partial charge in [0, 0.05) is 42.6 Å². The highest BCUT2D eigenvalue weighted by Crippen LogP contribution is 2.32. The Balaban J connectivity index is 1.78. The molecule has 2 fully saturated rings. The van der Waals surface area contributed by atoms with Crippen LogP contribution >= 0.6 is 0 Å². The lowest BCUT2D eigenvalue weighted by Gasteiger charge is -2.28. The molecule has 122 valence electrons. The molecule has 1 aromatic heterocycles. The molecule has 22 heavy (non-hydrogen) atoms. The minimum Gasteiger partial charge on any atom is -0.305 e. The average molecular weight is 314 g/mol. The second-order valence-corrected chi connectivity index (χ2v) is 6.41. The zero-order valence-corrected chi connectivity index (χ0v) is 12.9. The van der Waals surface area contributed by atoms with Crippen LogP contribution in [0.15, 0.2) is 6.20 Å². The summed E-state index contributed by atoms with van der Waals surface area (Å²) in [6.45, 7) is 4.39. The van der Waals surface area contributed by atoms with Gasteiger partial charge < -0.3 is 4.90 Å². The number of likely N-dealkylation sites (tertiary alicyclic amines) is 1. The fraction of sp³-hybridized carbons (Fsp3) is 0.733. The number of likely N-dealkylation sites (N-methyl/N-ethyl adjacent to an activating group) is 1. The minimum absolute atomic E-state index is 0.430. The summed E-state index contributed by atoms with van der Waals surface area (Å²) in [4.78, 5) is 11.9. The second kappa shape index (κ2) is 5.77. The maximum absolute atomic E-state index is 12.6. The smallest absolute Gasteiger partial charge is 0.305 e. The molecular formula is C15H21F3N4. The lowest BCUT2D eigenvalue weighted by Crippen LogP contribution is -2.38. The van der Waals surface area contributed by atoms with E-state index in [1.807, 2.05) is 0 Å². The summed E-state index contributed by atoms with van der Waals surface area (Å²) < 4.78 is 37.9. The molecule has 0 unspecified atom stereocenters. The topological polar surface area (TPSA) is 32.3 Å². The van der Waals surface area contributed by atoms with Crippen LogP contribution in [0.5, 0.6) is 0 Å². The van der Waals surface area contributed by atoms with Crippen molar-refractivity contribution in [2.75, 3.05) is 20.1 Å². The lowest BCUT2D eigenvalue weighted by molar-refractivity contribution is -0.145. The summed E-state index contributed by atoms with van der Waals surface area (Å²) in [5.74, 6) is -1.05. The van der Waals surface area contributed by atoms with Crippen molar-refractivity contribution in [1.82, 2.24) is 19.8 Å². The van der Waals surface area contributed by atoms with Crippen molar-refractivity contribution in [1.29, 1.82) is 0 Å². The standard InChI is InChI=1S/C15H21F3N4/c1-10-11(7-19-14(20-10)15(16,17)18)8-22-12-3-4-13(22)9-21(2)6-5-12/h7,12-13H,3-6,8-9H2,1-2H3/t12-,13+/m1/s1. The van der Waals surface area contributed by atoms with Crippen LogP contribution < -0.4 is 0 Å². The maximum atomic E-state index is 12.6. The number of aromatic nitrogens is 2. The predicted octanol–water partition coefficient (Wildman–Crippen LogP) is 2.47. The van der Waals surface area contributed by atoms with Gasteiger partial charge in [0.2, 0.25) is 5.82 Å². The first-order valence-corrected chi connectivity index (χ1v) is 7.68. The van der Waals surface area contributed by atoms with Gasteiger partial charge in [0.15, 0.2) is 0 Å². The van der Waals surface area contributed by atoms with Gasteiger partial charge in [-0.25, -0.2) is 9.97 Å². The fourth-order valence-electron chi connectivity index (χ4n) is 3.58. The molecule has 0 amide bonds. The Labute approximate surface area is 128 Å². The Morgan fingerprint density at radius 3 is 2.64 bits per heavy atom. The first kappa shape index (κ1) is 15.7. The van der Waals surface area contributed by atoms with E-state index in [9.17, 15) is 13.2 Å². The van der Waals surface area contributed by atoms with Crippen molar-refractivity contribution in [2.45, 2.75) is 51.0 Å². The number of alkyl halides is 3. The molecule has 1 aromatic rings. The SMILES string of the molecule is Cc1nc(C(F)(F)F)ncc1CN1[C@@H]2CC[C@H]1CN(C)CC2. The van der Waals surface area contributed by atoms with E-state index in [0.29, 0.717) is 24.3 Å². The zero-order valence-electron chi connectivity index (χ0n) is 12.9. The van der Waals surface area contributed by atoms with E-state index in [4.69, 9.17) is 0 Å². The van der Waals surface area contributed by atoms with Crippen molar-refractivity contribution >= 4 is 0 Å². The summed E-state index contributed by atoms with van der Waals surface area (Å²) in [6, 6.07) is 1.01. The maximum Gasteiger partial charge on any atom is 0.451 e. The van der Waals surface area contributed by atoms with E-state index in [-0.39, 0.29) is 0 Å². The average Bonchev–Trinajstić information content (AvgIpc) is 2.71. The summed E-state index contributed by atoms with van der Waals surface area (Å²) >= 11 is 0. The van der Waals surface area contributed by atoms with Crippen molar-refractivity contribution in [3.8, 4) is 0 Å². The number of halogens is 3. The highest BCUT2D eigenvalue weighted by atomic mass is 19.4. The van der Waals surface area contributed by atoms with Crippen LogP contribution in [0.1, 0.15) is 36.3 Å². The molecule has 7 heteroatoms. The summed E-state index contributed by atoms with van der Waals surface area (Å²) in [6.07, 6.45) is 0.328. The number of nitrogens with zero attached hydrogens (tertiary/aromatic N) is 4. The second-order valence-electron chi connectivity index (χ2n) is 6.41. The number of hydrogen-bond acceptors (Lipinski definition) is 4. The van der Waals surface area contributed by atoms with Gasteiger partial charge in [-0.1, -0.05) is 0 Å². The third-order valence-corrected chi connectivity index (χ3v) is 4.83. The Morgan fingerprint density at radius 2 is 1.95 bits per heavy atom. The molecule has 0 radical (unpaired) electrons. The highest BCUT2D eigenvalue weighted by molar-refractivity contribution is 5.18. The fourth-order valence-corrected chi connectivity index (χ4v) is 3.58. The van der Waals surface area contributed by atoms with Gasteiger partial charge in [0.05, 0.1) is 0 Å². The summed E-state index contributed by atoms with van der Waals surface area (Å²) in [5, 5.41) is 0. The van der Waals surface area contributed by atoms with Gasteiger partial charge in [0.25, 0.3) is 0 Å². The van der Waals surface area contributed by atoms with Crippen molar-refractivity contribution in [2.24, 2.45) is 0 Å². The molecule has 4 nitrogen and oxygen atoms in total. The molecule has 0 saturated carbocycles. The predicted molar refractivity (Wildman–Crippen MR) is 76.2 cm³/mol. The van der Waals surface area contributed by atoms with Gasteiger partial charge >= 0.3 is 6.18 Å². The summed E-state index contributed by atoms with van der Waals surface area (Å²) in [7, 11) is 2.13. The van der Waals surface area contributed by atoms with E-state index in [0.717, 1.165) is 31.5 Å². The Hall–Kier alpha value is -1.21. The van der Waals surface area contributed by atoms with E-state index in [1.165, 1.54) is 12.6 Å². The van der Waals surface area contributed by atoms with E-state index < -0.39 is 12.0 Å². The first-order valence-electron chi connectivity index (χ1n) is 7.68. The largest absolute Gasteiger partial charge is 0.451 e. The molecule has 2 bridgehead atoms. The molecule has 3 rings (SSSR count). The van der Waals surface area contributed by atoms with Gasteiger partial charge in [-0.05, 0) is 39.8 Å². The third kappa shape index (κ3) is 3.10. The third-order valence-electron chi connectivity index (χ3n) is 4.83. The van der Waals surface area contributed by atoms with Gasteiger partial charge in [0.1, 0.15) is 0 Å². The molecule has 2 saturated heterocycles. The van der Waals surface area contributed by atoms with Gasteiger partial charge in [-0.3, -0.25) is 4.90 Å². The molecule has 0 aromatic carbocycles. The van der Waals surface area contributed by atoms with Crippen molar-refractivity contribution in [3.63, 3.8) is 0 Å². The number of fused-ring (bicyclic) bond motifs is 2. The lowest BCUT2D eigenvalue weighted by atomic mass is 10.1. The van der Waals surface area contributed by atoms with E-state index in [1.54, 1.807) is 6.92 Å². The van der Waals surface area contributed by atoms with Crippen LogP contribution in [0.3, 0.4) is 0 Å². The minimum atomic E-state index is -4.48. The van der Waals surface area contributed by atoms with Crippen LogP contribution in [0.2, 0.25) is 0 Å². The Morgan fingerprint density at radius 1 is 1.23 bits per heavy atom. The zero-order chi connectivity index (χ0) is 15.9. The molecule has 0 spiro atoms. The number of aryl methyl sites for hydroxylation is 1. The Bertz CT molecular complexity index is 546. The van der Waals surface area contributed by atoms with Crippen LogP contribution in [-0.2, 0) is 12.7 Å². The van der Waals surface area contributed by atoms with Crippen molar-refractivity contribution < 1.29 is 13.2 Å². The first-order chi connectivity index (χ1) is 10.3. The van der Waals surface area contributed by atoms with Crippen LogP contribution in [0.25, 0.3) is 0 Å².